The molecule has 0 bridgehead atoms. The molecule has 0 amide bonds. The highest BCUT2D eigenvalue weighted by molar-refractivity contribution is 9.10. The third-order valence-electron chi connectivity index (χ3n) is 1.97. The van der Waals surface area contributed by atoms with E-state index in [2.05, 4.69) is 15.9 Å². The molecule has 0 heterocycles. The van der Waals surface area contributed by atoms with E-state index in [1.165, 1.54) is 11.8 Å². The van der Waals surface area contributed by atoms with Gasteiger partial charge in [-0.25, -0.2) is 0 Å². The fraction of sp³-hybridized carbons (Fsp3) is 0.273. The van der Waals surface area contributed by atoms with E-state index in [1.54, 1.807) is 19.1 Å². The Labute approximate surface area is 107 Å². The number of thioether (sulfide) groups is 1. The van der Waals surface area contributed by atoms with Crippen LogP contribution in [0.3, 0.4) is 0 Å². The second kappa shape index (κ2) is 5.92. The Kier molecular flexibility index (Phi) is 4.84. The summed E-state index contributed by atoms with van der Waals surface area (Å²) < 4.78 is 0.828. The van der Waals surface area contributed by atoms with Crippen LogP contribution >= 0.6 is 27.7 Å². The van der Waals surface area contributed by atoms with Crippen molar-refractivity contribution in [2.75, 3.05) is 5.75 Å². The van der Waals surface area contributed by atoms with Crippen LogP contribution in [0.15, 0.2) is 27.6 Å². The molecule has 0 fully saturated rings. The molecule has 1 aromatic rings. The molecule has 1 rings (SSSR count). The lowest BCUT2D eigenvalue weighted by molar-refractivity contribution is -0.140. The zero-order chi connectivity index (χ0) is 12.1. The quantitative estimate of drug-likeness (QED) is 0.868. The molecule has 1 unspecified atom stereocenters. The lowest BCUT2D eigenvalue weighted by Crippen LogP contribution is -2.11. The maximum absolute atomic E-state index is 10.6. The number of rotatable bonds is 4. The minimum Gasteiger partial charge on any atom is -0.481 e. The number of benzene rings is 1. The summed E-state index contributed by atoms with van der Waals surface area (Å²) in [4.78, 5) is 11.6. The smallest absolute Gasteiger partial charge is 0.307 e. The summed E-state index contributed by atoms with van der Waals surface area (Å²) in [6.45, 7) is 1.67. The SMILES string of the molecule is CC(CSc1ccc(C#N)cc1Br)C(=O)O. The molecule has 0 saturated heterocycles. The molecule has 1 N–H and O–H groups in total. The second-order valence-corrected chi connectivity index (χ2v) is 5.22. The Morgan fingerprint density at radius 1 is 1.69 bits per heavy atom. The predicted molar refractivity (Wildman–Crippen MR) is 66.4 cm³/mol. The Bertz CT molecular complexity index is 442. The van der Waals surface area contributed by atoms with E-state index in [4.69, 9.17) is 10.4 Å². The van der Waals surface area contributed by atoms with Crippen LogP contribution in [0.2, 0.25) is 0 Å². The molecule has 16 heavy (non-hydrogen) atoms. The number of carboxylic acid groups (broad SMARTS) is 1. The van der Waals surface area contributed by atoms with Crippen molar-refractivity contribution in [2.45, 2.75) is 11.8 Å². The molecule has 0 spiro atoms. The highest BCUT2D eigenvalue weighted by Gasteiger charge is 2.12. The minimum absolute atomic E-state index is 0.382. The van der Waals surface area contributed by atoms with Crippen molar-refractivity contribution in [3.8, 4) is 6.07 Å². The zero-order valence-electron chi connectivity index (χ0n) is 8.61. The molecule has 84 valence electrons. The van der Waals surface area contributed by atoms with Gasteiger partial charge in [0.1, 0.15) is 0 Å². The van der Waals surface area contributed by atoms with E-state index in [9.17, 15) is 4.79 Å². The molecule has 0 aliphatic carbocycles. The van der Waals surface area contributed by atoms with Gasteiger partial charge in [0.2, 0.25) is 0 Å². The van der Waals surface area contributed by atoms with E-state index < -0.39 is 5.97 Å². The first kappa shape index (κ1) is 13.1. The first-order valence-electron chi connectivity index (χ1n) is 4.60. The average Bonchev–Trinajstić information content (AvgIpc) is 2.26. The number of carboxylic acids is 1. The Morgan fingerprint density at radius 2 is 2.38 bits per heavy atom. The highest BCUT2D eigenvalue weighted by Crippen LogP contribution is 2.29. The van der Waals surface area contributed by atoms with Crippen molar-refractivity contribution in [1.82, 2.24) is 0 Å². The number of nitriles is 1. The number of hydrogen-bond acceptors (Lipinski definition) is 3. The van der Waals surface area contributed by atoms with Gasteiger partial charge in [-0.15, -0.1) is 11.8 Å². The molecular formula is C11H10BrNO2S. The monoisotopic (exact) mass is 299 g/mol. The summed E-state index contributed by atoms with van der Waals surface area (Å²) in [5, 5.41) is 17.4. The van der Waals surface area contributed by atoms with Crippen molar-refractivity contribution in [2.24, 2.45) is 5.92 Å². The van der Waals surface area contributed by atoms with Crippen LogP contribution in [0.5, 0.6) is 0 Å². The van der Waals surface area contributed by atoms with Gasteiger partial charge < -0.3 is 5.11 Å². The van der Waals surface area contributed by atoms with Crippen LogP contribution in [0, 0.1) is 17.2 Å². The summed E-state index contributed by atoms with van der Waals surface area (Å²) in [6, 6.07) is 7.32. The van der Waals surface area contributed by atoms with Crippen LogP contribution in [-0.2, 0) is 4.79 Å². The van der Waals surface area contributed by atoms with Gasteiger partial charge in [0.15, 0.2) is 0 Å². The number of hydrogen-bond donors (Lipinski definition) is 1. The van der Waals surface area contributed by atoms with E-state index >= 15 is 0 Å². The Hall–Kier alpha value is -0.990. The van der Waals surface area contributed by atoms with E-state index in [0.29, 0.717) is 11.3 Å². The largest absolute Gasteiger partial charge is 0.481 e. The molecule has 1 atom stereocenters. The van der Waals surface area contributed by atoms with Gasteiger partial charge >= 0.3 is 5.97 Å². The second-order valence-electron chi connectivity index (χ2n) is 3.31. The third-order valence-corrected chi connectivity index (χ3v) is 4.22. The first-order valence-corrected chi connectivity index (χ1v) is 6.37. The van der Waals surface area contributed by atoms with E-state index in [1.807, 2.05) is 12.1 Å². The van der Waals surface area contributed by atoms with Crippen molar-refractivity contribution >= 4 is 33.7 Å². The lowest BCUT2D eigenvalue weighted by atomic mass is 10.2. The van der Waals surface area contributed by atoms with Gasteiger partial charge in [0, 0.05) is 15.1 Å². The third kappa shape index (κ3) is 3.54. The topological polar surface area (TPSA) is 61.1 Å². The standard InChI is InChI=1S/C11H10BrNO2S/c1-7(11(14)15)6-16-10-3-2-8(5-13)4-9(10)12/h2-4,7H,6H2,1H3,(H,14,15). The molecule has 0 radical (unpaired) electrons. The van der Waals surface area contributed by atoms with Crippen molar-refractivity contribution in [3.63, 3.8) is 0 Å². The Morgan fingerprint density at radius 3 is 2.88 bits per heavy atom. The summed E-state index contributed by atoms with van der Waals surface area (Å²) >= 11 is 4.82. The van der Waals surface area contributed by atoms with Crippen molar-refractivity contribution in [3.05, 3.63) is 28.2 Å². The molecule has 0 aromatic heterocycles. The average molecular weight is 300 g/mol. The fourth-order valence-electron chi connectivity index (χ4n) is 0.974. The Balaban J connectivity index is 2.69. The normalized spacial score (nSPS) is 11.8. The van der Waals surface area contributed by atoms with Gasteiger partial charge in [0.25, 0.3) is 0 Å². The summed E-state index contributed by atoms with van der Waals surface area (Å²) in [5.41, 5.74) is 0.586. The van der Waals surface area contributed by atoms with Crippen LogP contribution in [-0.4, -0.2) is 16.8 Å². The van der Waals surface area contributed by atoms with E-state index in [-0.39, 0.29) is 5.92 Å². The summed E-state index contributed by atoms with van der Waals surface area (Å²) in [6.07, 6.45) is 0. The van der Waals surface area contributed by atoms with Crippen LogP contribution in [0.4, 0.5) is 0 Å². The maximum Gasteiger partial charge on any atom is 0.307 e. The van der Waals surface area contributed by atoms with Gasteiger partial charge in [-0.1, -0.05) is 6.92 Å². The molecule has 1 aromatic carbocycles. The highest BCUT2D eigenvalue weighted by atomic mass is 79.9. The lowest BCUT2D eigenvalue weighted by Gasteiger charge is -2.07. The number of carbonyl (C=O) groups is 1. The van der Waals surface area contributed by atoms with Gasteiger partial charge in [-0.3, -0.25) is 4.79 Å². The summed E-state index contributed by atoms with van der Waals surface area (Å²) in [5.74, 6) is -0.662. The number of aliphatic carboxylic acids is 1. The molecule has 0 aliphatic heterocycles. The molecule has 5 heteroatoms. The zero-order valence-corrected chi connectivity index (χ0v) is 11.0. The van der Waals surface area contributed by atoms with Crippen LogP contribution in [0.25, 0.3) is 0 Å². The van der Waals surface area contributed by atoms with Crippen molar-refractivity contribution in [1.29, 1.82) is 5.26 Å². The molecular weight excluding hydrogens is 290 g/mol. The van der Waals surface area contributed by atoms with Gasteiger partial charge in [-0.2, -0.15) is 5.26 Å². The number of halogens is 1. The van der Waals surface area contributed by atoms with Gasteiger partial charge in [0.05, 0.1) is 17.6 Å². The van der Waals surface area contributed by atoms with Crippen LogP contribution in [0.1, 0.15) is 12.5 Å². The van der Waals surface area contributed by atoms with E-state index in [0.717, 1.165) is 9.37 Å². The maximum atomic E-state index is 10.6. The summed E-state index contributed by atoms with van der Waals surface area (Å²) in [7, 11) is 0. The molecule has 0 saturated carbocycles. The van der Waals surface area contributed by atoms with Crippen LogP contribution < -0.4 is 0 Å². The predicted octanol–water partition coefficient (Wildman–Crippen LogP) is 3.13. The number of nitrogens with zero attached hydrogens (tertiary/aromatic N) is 1. The fourth-order valence-corrected chi connectivity index (χ4v) is 2.63. The first-order chi connectivity index (χ1) is 7.54. The van der Waals surface area contributed by atoms with Gasteiger partial charge in [-0.05, 0) is 34.1 Å². The van der Waals surface area contributed by atoms with Crippen molar-refractivity contribution < 1.29 is 9.90 Å². The minimum atomic E-state index is -0.794. The molecule has 0 aliphatic rings. The molecule has 3 nitrogen and oxygen atoms in total.